The van der Waals surface area contributed by atoms with E-state index in [0.29, 0.717) is 25.1 Å². The standard InChI is InChI=1S/C22H20BrN3O3/c23-16-6-8-17(9-7-16)24-19(27)10-11-20(28)26-13-3-12-22(26)14-15-4-1-2-5-18(15)25-21(22)29/h1-2,4-11H,3,12-14H2,(H,24,27)(H,25,29)/b11-10+. The van der Waals surface area contributed by atoms with Gasteiger partial charge < -0.3 is 15.5 Å². The Bertz CT molecular complexity index is 1000. The maximum Gasteiger partial charge on any atom is 0.250 e. The second-order valence-corrected chi connectivity index (χ2v) is 8.16. The number of amides is 3. The first-order chi connectivity index (χ1) is 14.0. The van der Waals surface area contributed by atoms with E-state index in [1.165, 1.54) is 12.2 Å². The van der Waals surface area contributed by atoms with Crippen molar-refractivity contribution < 1.29 is 14.4 Å². The summed E-state index contributed by atoms with van der Waals surface area (Å²) in [6, 6.07) is 14.8. The molecule has 2 aromatic carbocycles. The lowest BCUT2D eigenvalue weighted by molar-refractivity contribution is -0.139. The van der Waals surface area contributed by atoms with Crippen molar-refractivity contribution in [2.45, 2.75) is 24.8 Å². The number of nitrogens with zero attached hydrogens (tertiary/aromatic N) is 1. The van der Waals surface area contributed by atoms with Gasteiger partial charge in [0.1, 0.15) is 5.54 Å². The molecule has 0 bridgehead atoms. The predicted octanol–water partition coefficient (Wildman–Crippen LogP) is 3.50. The highest BCUT2D eigenvalue weighted by molar-refractivity contribution is 9.10. The molecule has 2 aromatic rings. The molecule has 6 nitrogen and oxygen atoms in total. The van der Waals surface area contributed by atoms with Gasteiger partial charge in [0.25, 0.3) is 5.91 Å². The van der Waals surface area contributed by atoms with Gasteiger partial charge in [-0.2, -0.15) is 0 Å². The summed E-state index contributed by atoms with van der Waals surface area (Å²) in [7, 11) is 0. The van der Waals surface area contributed by atoms with Crippen LogP contribution >= 0.6 is 15.9 Å². The van der Waals surface area contributed by atoms with Gasteiger partial charge in [0, 0.05) is 41.0 Å². The normalized spacial score (nSPS) is 20.6. The van der Waals surface area contributed by atoms with Gasteiger partial charge >= 0.3 is 0 Å². The van der Waals surface area contributed by atoms with E-state index in [9.17, 15) is 14.4 Å². The van der Waals surface area contributed by atoms with Crippen LogP contribution in [0.5, 0.6) is 0 Å². The van der Waals surface area contributed by atoms with Crippen LogP contribution in [0.2, 0.25) is 0 Å². The average Bonchev–Trinajstić information content (AvgIpc) is 3.13. The van der Waals surface area contributed by atoms with Gasteiger partial charge in [-0.05, 0) is 48.7 Å². The third-order valence-electron chi connectivity index (χ3n) is 5.41. The molecule has 0 aromatic heterocycles. The first-order valence-corrected chi connectivity index (χ1v) is 10.2. The van der Waals surface area contributed by atoms with Crippen LogP contribution in [0.1, 0.15) is 18.4 Å². The summed E-state index contributed by atoms with van der Waals surface area (Å²) in [5.74, 6) is -0.884. The summed E-state index contributed by atoms with van der Waals surface area (Å²) in [5, 5.41) is 5.65. The van der Waals surface area contributed by atoms with E-state index >= 15 is 0 Å². The van der Waals surface area contributed by atoms with Crippen molar-refractivity contribution in [1.29, 1.82) is 0 Å². The molecule has 1 spiro atoms. The Morgan fingerprint density at radius 1 is 1.10 bits per heavy atom. The van der Waals surface area contributed by atoms with Crippen molar-refractivity contribution >= 4 is 45.0 Å². The molecule has 1 fully saturated rings. The average molecular weight is 454 g/mol. The number of halogens is 1. The van der Waals surface area contributed by atoms with E-state index in [0.717, 1.165) is 22.1 Å². The number of anilines is 2. The minimum atomic E-state index is -0.891. The number of hydrogen-bond acceptors (Lipinski definition) is 3. The van der Waals surface area contributed by atoms with Gasteiger partial charge in [-0.1, -0.05) is 34.1 Å². The minimum Gasteiger partial charge on any atom is -0.324 e. The Balaban J connectivity index is 1.48. The molecule has 1 unspecified atom stereocenters. The Morgan fingerprint density at radius 3 is 2.66 bits per heavy atom. The number of fused-ring (bicyclic) bond motifs is 1. The summed E-state index contributed by atoms with van der Waals surface area (Å²) >= 11 is 3.34. The van der Waals surface area contributed by atoms with Crippen LogP contribution in [0.15, 0.2) is 65.2 Å². The number of hydrogen-bond donors (Lipinski definition) is 2. The van der Waals surface area contributed by atoms with Crippen molar-refractivity contribution in [2.75, 3.05) is 17.2 Å². The maximum atomic E-state index is 12.9. The Morgan fingerprint density at radius 2 is 1.86 bits per heavy atom. The summed E-state index contributed by atoms with van der Waals surface area (Å²) in [6.45, 7) is 0.493. The molecule has 148 valence electrons. The van der Waals surface area contributed by atoms with Crippen LogP contribution in [0.4, 0.5) is 11.4 Å². The Kier molecular flexibility index (Phi) is 5.24. The lowest BCUT2D eigenvalue weighted by atomic mass is 9.83. The molecular weight excluding hydrogens is 434 g/mol. The minimum absolute atomic E-state index is 0.158. The van der Waals surface area contributed by atoms with Crippen LogP contribution in [0, 0.1) is 0 Å². The first kappa shape index (κ1) is 19.4. The van der Waals surface area contributed by atoms with Crippen LogP contribution in [0.25, 0.3) is 0 Å². The molecule has 0 aliphatic carbocycles. The smallest absolute Gasteiger partial charge is 0.250 e. The van der Waals surface area contributed by atoms with Gasteiger partial charge in [0.05, 0.1) is 0 Å². The summed E-state index contributed by atoms with van der Waals surface area (Å²) in [6.07, 6.45) is 4.30. The molecule has 0 saturated carbocycles. The number of carbonyl (C=O) groups is 3. The molecule has 3 amide bonds. The SMILES string of the molecule is O=C(/C=C/C(=O)N1CCCC12Cc1ccccc1NC2=O)Nc1ccc(Br)cc1. The monoisotopic (exact) mass is 453 g/mol. The number of nitrogens with one attached hydrogen (secondary N) is 2. The zero-order valence-corrected chi connectivity index (χ0v) is 17.2. The second-order valence-electron chi connectivity index (χ2n) is 7.24. The van der Waals surface area contributed by atoms with E-state index in [2.05, 4.69) is 26.6 Å². The quantitative estimate of drug-likeness (QED) is 0.697. The summed E-state index contributed by atoms with van der Waals surface area (Å²) in [5.41, 5.74) is 1.56. The second kappa shape index (κ2) is 7.83. The molecular formula is C22H20BrN3O3. The van der Waals surface area contributed by atoms with Gasteiger partial charge in [-0.3, -0.25) is 14.4 Å². The Labute approximate surface area is 177 Å². The molecule has 0 radical (unpaired) electrons. The number of rotatable bonds is 3. The van der Waals surface area contributed by atoms with Crippen LogP contribution < -0.4 is 10.6 Å². The molecule has 7 heteroatoms. The highest BCUT2D eigenvalue weighted by Crippen LogP contribution is 2.39. The lowest BCUT2D eigenvalue weighted by Gasteiger charge is -2.40. The van der Waals surface area contributed by atoms with Gasteiger partial charge in [0.2, 0.25) is 11.8 Å². The topological polar surface area (TPSA) is 78.5 Å². The molecule has 2 heterocycles. The largest absolute Gasteiger partial charge is 0.324 e. The van der Waals surface area contributed by atoms with Crippen molar-refractivity contribution in [1.82, 2.24) is 4.90 Å². The molecule has 1 atom stereocenters. The van der Waals surface area contributed by atoms with Gasteiger partial charge in [-0.25, -0.2) is 0 Å². The lowest BCUT2D eigenvalue weighted by Crippen LogP contribution is -2.58. The Hall–Kier alpha value is -2.93. The molecule has 4 rings (SSSR count). The third-order valence-corrected chi connectivity index (χ3v) is 5.94. The third kappa shape index (κ3) is 3.82. The highest BCUT2D eigenvalue weighted by Gasteiger charge is 2.51. The van der Waals surface area contributed by atoms with Crippen LogP contribution in [-0.4, -0.2) is 34.7 Å². The first-order valence-electron chi connectivity index (χ1n) is 9.43. The number of para-hydroxylation sites is 1. The molecule has 29 heavy (non-hydrogen) atoms. The number of likely N-dealkylation sites (tertiary alicyclic amines) is 1. The predicted molar refractivity (Wildman–Crippen MR) is 114 cm³/mol. The zero-order chi connectivity index (χ0) is 20.4. The highest BCUT2D eigenvalue weighted by atomic mass is 79.9. The fourth-order valence-electron chi connectivity index (χ4n) is 4.00. The van der Waals surface area contributed by atoms with Gasteiger partial charge in [-0.15, -0.1) is 0 Å². The summed E-state index contributed by atoms with van der Waals surface area (Å²) < 4.78 is 0.910. The number of carbonyl (C=O) groups excluding carboxylic acids is 3. The van der Waals surface area contributed by atoms with E-state index in [1.54, 1.807) is 17.0 Å². The van der Waals surface area contributed by atoms with Crippen molar-refractivity contribution in [3.63, 3.8) is 0 Å². The van der Waals surface area contributed by atoms with Crippen LogP contribution in [-0.2, 0) is 20.8 Å². The van der Waals surface area contributed by atoms with Crippen LogP contribution in [0.3, 0.4) is 0 Å². The van der Waals surface area contributed by atoms with E-state index in [4.69, 9.17) is 0 Å². The zero-order valence-electron chi connectivity index (χ0n) is 15.7. The van der Waals surface area contributed by atoms with Gasteiger partial charge in [0.15, 0.2) is 0 Å². The fourth-order valence-corrected chi connectivity index (χ4v) is 4.27. The van der Waals surface area contributed by atoms with Crippen molar-refractivity contribution in [3.8, 4) is 0 Å². The van der Waals surface area contributed by atoms with Crippen molar-refractivity contribution in [2.24, 2.45) is 0 Å². The van der Waals surface area contributed by atoms with E-state index < -0.39 is 11.4 Å². The van der Waals surface area contributed by atoms with E-state index in [1.807, 2.05) is 36.4 Å². The maximum absolute atomic E-state index is 12.9. The van der Waals surface area contributed by atoms with Crippen molar-refractivity contribution in [3.05, 3.63) is 70.7 Å². The molecule has 2 aliphatic heterocycles. The molecule has 2 N–H and O–H groups in total. The molecule has 2 aliphatic rings. The number of benzene rings is 2. The fraction of sp³-hybridized carbons (Fsp3) is 0.227. The molecule has 1 saturated heterocycles. The summed E-state index contributed by atoms with van der Waals surface area (Å²) in [4.78, 5) is 39.5. The van der Waals surface area contributed by atoms with E-state index in [-0.39, 0.29) is 11.8 Å².